The van der Waals surface area contributed by atoms with Crippen molar-refractivity contribution >= 4 is 27.3 Å². The number of hydrogen-bond acceptors (Lipinski definition) is 2. The Morgan fingerprint density at radius 1 is 1.11 bits per heavy atom. The van der Waals surface area contributed by atoms with E-state index in [0.717, 1.165) is 5.92 Å². The first-order chi connectivity index (χ1) is 8.84. The Balaban J connectivity index is 1.99. The van der Waals surface area contributed by atoms with Crippen molar-refractivity contribution in [2.24, 2.45) is 0 Å². The third-order valence-corrected chi connectivity index (χ3v) is 5.40. The minimum Gasteiger partial charge on any atom is -0.264 e. The van der Waals surface area contributed by atoms with Gasteiger partial charge in [0.15, 0.2) is 0 Å². The summed E-state index contributed by atoms with van der Waals surface area (Å²) in [6, 6.07) is 6.54. The largest absolute Gasteiger partial charge is 0.264 e. The Kier molecular flexibility index (Phi) is 3.80. The highest BCUT2D eigenvalue weighted by atomic mass is 79.9. The van der Waals surface area contributed by atoms with Crippen molar-refractivity contribution in [1.29, 1.82) is 0 Å². The van der Waals surface area contributed by atoms with Gasteiger partial charge in [-0.3, -0.25) is 4.98 Å². The third kappa shape index (κ3) is 2.52. The van der Waals surface area contributed by atoms with Gasteiger partial charge in [0.2, 0.25) is 0 Å². The normalized spacial score (nSPS) is 16.9. The fraction of sp³-hybridized carbons (Fsp3) is 0.400. The monoisotopic (exact) mass is 321 g/mol. The highest BCUT2D eigenvalue weighted by Crippen LogP contribution is 2.40. The Hall–Kier alpha value is -0.670. The highest BCUT2D eigenvalue weighted by molar-refractivity contribution is 9.11. The molecule has 1 aliphatic carbocycles. The standard InChI is InChI=1S/C15H16BrNS/c16-15-7-6-14(18-15)13-10-17-9-8-12(13)11-4-2-1-3-5-11/h6-11H,1-5H2. The molecule has 0 amide bonds. The molecule has 3 heteroatoms. The predicted octanol–water partition coefficient (Wildman–Crippen LogP) is 5.62. The zero-order chi connectivity index (χ0) is 12.4. The van der Waals surface area contributed by atoms with Gasteiger partial charge in [0.1, 0.15) is 0 Å². The van der Waals surface area contributed by atoms with Gasteiger partial charge in [0.25, 0.3) is 0 Å². The van der Waals surface area contributed by atoms with E-state index >= 15 is 0 Å². The van der Waals surface area contributed by atoms with Crippen LogP contribution in [0.25, 0.3) is 10.4 Å². The number of aromatic nitrogens is 1. The van der Waals surface area contributed by atoms with Crippen molar-refractivity contribution in [2.45, 2.75) is 38.0 Å². The second kappa shape index (κ2) is 5.54. The summed E-state index contributed by atoms with van der Waals surface area (Å²) < 4.78 is 1.19. The van der Waals surface area contributed by atoms with E-state index in [4.69, 9.17) is 0 Å². The molecule has 0 bridgehead atoms. The number of pyridine rings is 1. The first kappa shape index (κ1) is 12.4. The molecule has 0 N–H and O–H groups in total. The van der Waals surface area contributed by atoms with Gasteiger partial charge in [0, 0.05) is 22.8 Å². The molecule has 0 aromatic carbocycles. The van der Waals surface area contributed by atoms with Gasteiger partial charge < -0.3 is 0 Å². The fourth-order valence-corrected chi connectivity index (χ4v) is 4.26. The molecule has 1 saturated carbocycles. The van der Waals surface area contributed by atoms with Crippen LogP contribution in [-0.4, -0.2) is 4.98 Å². The van der Waals surface area contributed by atoms with Crippen molar-refractivity contribution in [1.82, 2.24) is 4.98 Å². The molecular formula is C15H16BrNS. The summed E-state index contributed by atoms with van der Waals surface area (Å²) in [4.78, 5) is 5.65. The highest BCUT2D eigenvalue weighted by Gasteiger charge is 2.19. The van der Waals surface area contributed by atoms with E-state index in [2.05, 4.69) is 39.1 Å². The summed E-state index contributed by atoms with van der Waals surface area (Å²) in [5.41, 5.74) is 2.83. The van der Waals surface area contributed by atoms with Crippen LogP contribution in [0.15, 0.2) is 34.4 Å². The lowest BCUT2D eigenvalue weighted by Gasteiger charge is -2.23. The van der Waals surface area contributed by atoms with Gasteiger partial charge in [-0.25, -0.2) is 0 Å². The van der Waals surface area contributed by atoms with Crippen LogP contribution in [-0.2, 0) is 0 Å². The Labute approximate surface area is 120 Å². The van der Waals surface area contributed by atoms with Crippen LogP contribution in [0.1, 0.15) is 43.6 Å². The number of thiophene rings is 1. The fourth-order valence-electron chi connectivity index (χ4n) is 2.84. The van der Waals surface area contributed by atoms with Crippen LogP contribution < -0.4 is 0 Å². The van der Waals surface area contributed by atoms with E-state index in [1.807, 2.05) is 12.4 Å². The van der Waals surface area contributed by atoms with Crippen molar-refractivity contribution in [3.8, 4) is 10.4 Å². The molecule has 2 aromatic heterocycles. The molecule has 1 fully saturated rings. The van der Waals surface area contributed by atoms with Gasteiger partial charge in [-0.1, -0.05) is 19.3 Å². The van der Waals surface area contributed by atoms with E-state index in [9.17, 15) is 0 Å². The number of halogens is 1. The van der Waals surface area contributed by atoms with E-state index in [0.29, 0.717) is 0 Å². The van der Waals surface area contributed by atoms with Crippen molar-refractivity contribution < 1.29 is 0 Å². The van der Waals surface area contributed by atoms with E-state index in [-0.39, 0.29) is 0 Å². The maximum atomic E-state index is 4.32. The van der Waals surface area contributed by atoms with Crippen LogP contribution in [0.4, 0.5) is 0 Å². The summed E-state index contributed by atoms with van der Waals surface area (Å²) in [6.45, 7) is 0. The maximum absolute atomic E-state index is 4.32. The van der Waals surface area contributed by atoms with Crippen LogP contribution in [0.3, 0.4) is 0 Å². The van der Waals surface area contributed by atoms with Crippen LogP contribution in [0, 0.1) is 0 Å². The van der Waals surface area contributed by atoms with Gasteiger partial charge in [-0.05, 0) is 58.5 Å². The molecule has 3 rings (SSSR count). The second-order valence-corrected chi connectivity index (χ2v) is 7.36. The molecule has 0 radical (unpaired) electrons. The second-order valence-electron chi connectivity index (χ2n) is 4.90. The first-order valence-corrected chi connectivity index (χ1v) is 8.15. The SMILES string of the molecule is Brc1ccc(-c2cnccc2C2CCCCC2)s1. The van der Waals surface area contributed by atoms with E-state index in [1.54, 1.807) is 11.3 Å². The molecule has 1 aliphatic rings. The van der Waals surface area contributed by atoms with Crippen molar-refractivity contribution in [3.05, 3.63) is 39.9 Å². The topological polar surface area (TPSA) is 12.9 Å². The lowest BCUT2D eigenvalue weighted by molar-refractivity contribution is 0.444. The van der Waals surface area contributed by atoms with Crippen molar-refractivity contribution in [2.75, 3.05) is 0 Å². The van der Waals surface area contributed by atoms with E-state index < -0.39 is 0 Å². The van der Waals surface area contributed by atoms with Gasteiger partial charge in [-0.2, -0.15) is 0 Å². The lowest BCUT2D eigenvalue weighted by Crippen LogP contribution is -2.05. The molecule has 0 spiro atoms. The lowest BCUT2D eigenvalue weighted by atomic mass is 9.82. The average molecular weight is 322 g/mol. The number of nitrogens with zero attached hydrogens (tertiary/aromatic N) is 1. The molecule has 0 aliphatic heterocycles. The molecule has 94 valence electrons. The van der Waals surface area contributed by atoms with Crippen molar-refractivity contribution in [3.63, 3.8) is 0 Å². The quantitative estimate of drug-likeness (QED) is 0.699. The molecule has 0 atom stereocenters. The maximum Gasteiger partial charge on any atom is 0.0705 e. The number of rotatable bonds is 2. The molecule has 2 heterocycles. The molecule has 0 unspecified atom stereocenters. The smallest absolute Gasteiger partial charge is 0.0705 e. The molecule has 2 aromatic rings. The van der Waals surface area contributed by atoms with E-state index in [1.165, 1.54) is 51.9 Å². The minimum atomic E-state index is 0.734. The summed E-state index contributed by atoms with van der Waals surface area (Å²) in [5, 5.41) is 0. The molecular weight excluding hydrogens is 306 g/mol. The molecule has 1 nitrogen and oxygen atoms in total. The zero-order valence-corrected chi connectivity index (χ0v) is 12.6. The summed E-state index contributed by atoms with van der Waals surface area (Å²) in [5.74, 6) is 0.734. The average Bonchev–Trinajstić information content (AvgIpc) is 2.86. The summed E-state index contributed by atoms with van der Waals surface area (Å²) in [7, 11) is 0. The summed E-state index contributed by atoms with van der Waals surface area (Å²) in [6.07, 6.45) is 10.8. The van der Waals surface area contributed by atoms with Gasteiger partial charge >= 0.3 is 0 Å². The Morgan fingerprint density at radius 2 is 1.94 bits per heavy atom. The first-order valence-electron chi connectivity index (χ1n) is 6.54. The molecule has 0 saturated heterocycles. The van der Waals surface area contributed by atoms with Gasteiger partial charge in [0.05, 0.1) is 3.79 Å². The summed E-state index contributed by atoms with van der Waals surface area (Å²) >= 11 is 5.34. The Bertz CT molecular complexity index is 529. The van der Waals surface area contributed by atoms with Crippen LogP contribution in [0.5, 0.6) is 0 Å². The zero-order valence-electron chi connectivity index (χ0n) is 10.2. The Morgan fingerprint density at radius 3 is 2.67 bits per heavy atom. The minimum absolute atomic E-state index is 0.734. The predicted molar refractivity (Wildman–Crippen MR) is 81.1 cm³/mol. The van der Waals surface area contributed by atoms with Crippen LogP contribution >= 0.6 is 27.3 Å². The van der Waals surface area contributed by atoms with Gasteiger partial charge in [-0.15, -0.1) is 11.3 Å². The van der Waals surface area contributed by atoms with Crippen LogP contribution in [0.2, 0.25) is 0 Å². The third-order valence-electron chi connectivity index (χ3n) is 3.74. The number of hydrogen-bond donors (Lipinski definition) is 0. The molecule has 18 heavy (non-hydrogen) atoms.